The van der Waals surface area contributed by atoms with Crippen LogP contribution in [0.15, 0.2) is 54.6 Å². The van der Waals surface area contributed by atoms with Gasteiger partial charge in [0.25, 0.3) is 5.91 Å². The minimum atomic E-state index is 0.103. The van der Waals surface area contributed by atoms with Gasteiger partial charge in [0.2, 0.25) is 0 Å². The molecule has 0 spiro atoms. The van der Waals surface area contributed by atoms with Crippen LogP contribution in [-0.4, -0.2) is 48.6 Å². The number of rotatable bonds is 13. The van der Waals surface area contributed by atoms with Crippen LogP contribution in [0, 0.1) is 41.5 Å². The topological polar surface area (TPSA) is 32.8 Å². The number of aryl methyl sites for hydroxylation is 6. The number of ether oxygens (including phenoxy) is 1. The van der Waals surface area contributed by atoms with Crippen LogP contribution in [0.25, 0.3) is 0 Å². The zero-order valence-electron chi connectivity index (χ0n) is 24.6. The van der Waals surface area contributed by atoms with E-state index < -0.39 is 0 Å². The van der Waals surface area contributed by atoms with Crippen LogP contribution < -0.4 is 0 Å². The molecule has 0 aliphatic rings. The van der Waals surface area contributed by atoms with Gasteiger partial charge in [0.15, 0.2) is 0 Å². The molecule has 0 heterocycles. The molecule has 4 heteroatoms. The average Bonchev–Trinajstić information content (AvgIpc) is 2.81. The summed E-state index contributed by atoms with van der Waals surface area (Å²) in [6, 6.07) is 19.5. The first-order chi connectivity index (χ1) is 18.1. The maximum Gasteiger partial charge on any atom is 0.254 e. The van der Waals surface area contributed by atoms with Crippen molar-refractivity contribution in [3.63, 3.8) is 0 Å². The molecule has 0 aliphatic heterocycles. The normalized spacial score (nSPS) is 11.3. The van der Waals surface area contributed by atoms with Crippen molar-refractivity contribution in [3.05, 3.63) is 105 Å². The molecule has 3 aromatic rings. The molecule has 4 nitrogen and oxygen atoms in total. The number of carbonyl (C=O) groups excluding carboxylic acids is 1. The van der Waals surface area contributed by atoms with Gasteiger partial charge < -0.3 is 9.64 Å². The highest BCUT2D eigenvalue weighted by atomic mass is 16.5. The summed E-state index contributed by atoms with van der Waals surface area (Å²) < 4.78 is 5.69. The third kappa shape index (κ3) is 9.41. The van der Waals surface area contributed by atoms with E-state index in [0.29, 0.717) is 13.1 Å². The molecule has 38 heavy (non-hydrogen) atoms. The summed E-state index contributed by atoms with van der Waals surface area (Å²) in [6.45, 7) is 20.1. The SMILES string of the molecule is CCOCCN(CCCN(Cc1cc(C)cc(C)c1)C(=O)c1cc(C)cc(C)c1)Cc1cc(C)cc(C)c1. The fourth-order valence-corrected chi connectivity index (χ4v) is 5.43. The molecule has 0 atom stereocenters. The fourth-order valence-electron chi connectivity index (χ4n) is 5.43. The minimum Gasteiger partial charge on any atom is -0.380 e. The highest BCUT2D eigenvalue weighted by Gasteiger charge is 2.18. The molecule has 204 valence electrons. The van der Waals surface area contributed by atoms with Crippen molar-refractivity contribution in [3.8, 4) is 0 Å². The third-order valence-electron chi connectivity index (χ3n) is 6.76. The molecule has 0 aliphatic carbocycles. The van der Waals surface area contributed by atoms with Gasteiger partial charge in [0.1, 0.15) is 0 Å². The number of hydrogen-bond acceptors (Lipinski definition) is 3. The van der Waals surface area contributed by atoms with Crippen molar-refractivity contribution in [1.29, 1.82) is 0 Å². The molecule has 1 amide bonds. The molecule has 0 bridgehead atoms. The summed E-state index contributed by atoms with van der Waals surface area (Å²) in [6.07, 6.45) is 0.901. The van der Waals surface area contributed by atoms with Gasteiger partial charge in [0.05, 0.1) is 6.61 Å². The predicted molar refractivity (Wildman–Crippen MR) is 159 cm³/mol. The Morgan fingerprint density at radius 3 is 1.61 bits per heavy atom. The number of nitrogens with zero attached hydrogens (tertiary/aromatic N) is 2. The molecule has 3 aromatic carbocycles. The largest absolute Gasteiger partial charge is 0.380 e. The first-order valence-corrected chi connectivity index (χ1v) is 13.9. The molecule has 0 fully saturated rings. The lowest BCUT2D eigenvalue weighted by molar-refractivity contribution is 0.0725. The second-order valence-corrected chi connectivity index (χ2v) is 10.9. The maximum absolute atomic E-state index is 13.8. The van der Waals surface area contributed by atoms with E-state index in [2.05, 4.69) is 88.9 Å². The van der Waals surface area contributed by atoms with Crippen molar-refractivity contribution in [2.45, 2.75) is 68.0 Å². The van der Waals surface area contributed by atoms with Crippen LogP contribution >= 0.6 is 0 Å². The Bertz CT molecular complexity index is 1160. The van der Waals surface area contributed by atoms with Gasteiger partial charge in [-0.05, 0) is 78.1 Å². The van der Waals surface area contributed by atoms with E-state index in [-0.39, 0.29) is 5.91 Å². The lowest BCUT2D eigenvalue weighted by Crippen LogP contribution is -2.35. The molecule has 0 unspecified atom stereocenters. The van der Waals surface area contributed by atoms with Crippen molar-refractivity contribution in [2.24, 2.45) is 0 Å². The average molecular weight is 515 g/mol. The van der Waals surface area contributed by atoms with E-state index >= 15 is 0 Å². The first-order valence-electron chi connectivity index (χ1n) is 13.9. The quantitative estimate of drug-likeness (QED) is 0.228. The second kappa shape index (κ2) is 14.3. The van der Waals surface area contributed by atoms with E-state index in [9.17, 15) is 4.79 Å². The summed E-state index contributed by atoms with van der Waals surface area (Å²) in [5.74, 6) is 0.103. The van der Waals surface area contributed by atoms with E-state index in [1.54, 1.807) is 0 Å². The van der Waals surface area contributed by atoms with Gasteiger partial charge in [-0.15, -0.1) is 0 Å². The summed E-state index contributed by atoms with van der Waals surface area (Å²) in [4.78, 5) is 18.3. The van der Waals surface area contributed by atoms with Gasteiger partial charge in [-0.25, -0.2) is 0 Å². The van der Waals surface area contributed by atoms with E-state index in [4.69, 9.17) is 4.74 Å². The van der Waals surface area contributed by atoms with Crippen LogP contribution in [0.5, 0.6) is 0 Å². The Hall–Kier alpha value is -2.95. The molecule has 0 N–H and O–H groups in total. The van der Waals surface area contributed by atoms with Crippen molar-refractivity contribution < 1.29 is 9.53 Å². The van der Waals surface area contributed by atoms with Crippen molar-refractivity contribution >= 4 is 5.91 Å². The minimum absolute atomic E-state index is 0.103. The monoisotopic (exact) mass is 514 g/mol. The third-order valence-corrected chi connectivity index (χ3v) is 6.76. The van der Waals surface area contributed by atoms with E-state index in [1.807, 2.05) is 24.0 Å². The number of carbonyl (C=O) groups is 1. The fraction of sp³-hybridized carbons (Fsp3) is 0.441. The molecule has 0 aromatic heterocycles. The lowest BCUT2D eigenvalue weighted by Gasteiger charge is -2.27. The van der Waals surface area contributed by atoms with Gasteiger partial charge in [0, 0.05) is 44.9 Å². The molecular formula is C34H46N2O2. The smallest absolute Gasteiger partial charge is 0.254 e. The molecular weight excluding hydrogens is 468 g/mol. The molecule has 0 saturated carbocycles. The summed E-state index contributed by atoms with van der Waals surface area (Å²) in [5, 5.41) is 0. The first kappa shape index (κ1) is 29.6. The summed E-state index contributed by atoms with van der Waals surface area (Å²) in [7, 11) is 0. The zero-order valence-corrected chi connectivity index (χ0v) is 24.6. The summed E-state index contributed by atoms with van der Waals surface area (Å²) >= 11 is 0. The molecule has 0 radical (unpaired) electrons. The van der Waals surface area contributed by atoms with Gasteiger partial charge >= 0.3 is 0 Å². The Labute approximate surface area is 230 Å². The van der Waals surface area contributed by atoms with Gasteiger partial charge in [-0.1, -0.05) is 75.8 Å². The Morgan fingerprint density at radius 2 is 1.11 bits per heavy atom. The Balaban J connectivity index is 1.76. The molecule has 0 saturated heterocycles. The Kier molecular flexibility index (Phi) is 11.1. The van der Waals surface area contributed by atoms with Gasteiger partial charge in [-0.2, -0.15) is 0 Å². The van der Waals surface area contributed by atoms with Crippen LogP contribution in [0.3, 0.4) is 0 Å². The highest BCUT2D eigenvalue weighted by molar-refractivity contribution is 5.94. The van der Waals surface area contributed by atoms with E-state index in [0.717, 1.165) is 56.0 Å². The lowest BCUT2D eigenvalue weighted by atomic mass is 10.0. The van der Waals surface area contributed by atoms with Crippen LogP contribution in [0.4, 0.5) is 0 Å². The van der Waals surface area contributed by atoms with Crippen LogP contribution in [-0.2, 0) is 17.8 Å². The number of benzene rings is 3. The van der Waals surface area contributed by atoms with Crippen molar-refractivity contribution in [1.82, 2.24) is 9.80 Å². The van der Waals surface area contributed by atoms with E-state index in [1.165, 1.54) is 33.4 Å². The second-order valence-electron chi connectivity index (χ2n) is 10.9. The van der Waals surface area contributed by atoms with Gasteiger partial charge in [-0.3, -0.25) is 9.69 Å². The zero-order chi connectivity index (χ0) is 27.7. The van der Waals surface area contributed by atoms with Crippen LogP contribution in [0.2, 0.25) is 0 Å². The van der Waals surface area contributed by atoms with Crippen molar-refractivity contribution in [2.75, 3.05) is 32.8 Å². The summed E-state index contributed by atoms with van der Waals surface area (Å²) in [5.41, 5.74) is 10.6. The predicted octanol–water partition coefficient (Wildman–Crippen LogP) is 7.11. The maximum atomic E-state index is 13.8. The van der Waals surface area contributed by atoms with Crippen LogP contribution in [0.1, 0.15) is 68.2 Å². The molecule has 3 rings (SSSR count). The standard InChI is InChI=1S/C34H46N2O2/c1-8-38-13-12-35(23-31-17-25(2)14-26(3)18-31)10-9-11-36(24-32-19-27(4)15-28(5)20-32)34(37)33-21-29(6)16-30(7)22-33/h14-22H,8-13,23-24H2,1-7H3. The number of amides is 1. The highest BCUT2D eigenvalue weighted by Crippen LogP contribution is 2.17. The number of hydrogen-bond donors (Lipinski definition) is 0. The Morgan fingerprint density at radius 1 is 0.632 bits per heavy atom.